The van der Waals surface area contributed by atoms with Gasteiger partial charge in [-0.2, -0.15) is 0 Å². The molecule has 9 rings (SSSR count). The van der Waals surface area contributed by atoms with Crippen molar-refractivity contribution >= 4 is 60.9 Å². The maximum Gasteiger partial charge on any atom is 0.137 e. The first-order valence-corrected chi connectivity index (χ1v) is 15.2. The number of nitrogens with zero attached hydrogens (tertiary/aromatic N) is 1. The van der Waals surface area contributed by atoms with Gasteiger partial charge in [-0.1, -0.05) is 103 Å². The van der Waals surface area contributed by atoms with Gasteiger partial charge in [0.25, 0.3) is 0 Å². The Morgan fingerprint density at radius 3 is 1.56 bits per heavy atom. The summed E-state index contributed by atoms with van der Waals surface area (Å²) in [5.74, 6) is 0. The van der Waals surface area contributed by atoms with Crippen LogP contribution in [-0.2, 0) is 0 Å². The van der Waals surface area contributed by atoms with Gasteiger partial charge in [-0.15, -0.1) is 0 Å². The minimum atomic E-state index is 0.853. The molecule has 45 heavy (non-hydrogen) atoms. The summed E-state index contributed by atoms with van der Waals surface area (Å²) in [4.78, 5) is 2.33. The van der Waals surface area contributed by atoms with Crippen molar-refractivity contribution in [1.82, 2.24) is 0 Å². The molecule has 0 saturated heterocycles. The van der Waals surface area contributed by atoms with E-state index in [1.807, 2.05) is 24.3 Å². The van der Waals surface area contributed by atoms with Crippen LogP contribution < -0.4 is 4.90 Å². The van der Waals surface area contributed by atoms with E-state index in [0.29, 0.717) is 0 Å². The summed E-state index contributed by atoms with van der Waals surface area (Å²) >= 11 is 0. The van der Waals surface area contributed by atoms with Crippen LogP contribution in [0.5, 0.6) is 0 Å². The molecule has 0 bridgehead atoms. The highest BCUT2D eigenvalue weighted by molar-refractivity contribution is 6.11. The number of hydrogen-bond donors (Lipinski definition) is 0. The van der Waals surface area contributed by atoms with Gasteiger partial charge in [0.2, 0.25) is 0 Å². The van der Waals surface area contributed by atoms with E-state index in [9.17, 15) is 0 Å². The third kappa shape index (κ3) is 4.29. The summed E-state index contributed by atoms with van der Waals surface area (Å²) in [5.41, 5.74) is 11.3. The molecule has 2 aromatic heterocycles. The molecule has 0 radical (unpaired) electrons. The van der Waals surface area contributed by atoms with Gasteiger partial charge in [-0.3, -0.25) is 0 Å². The van der Waals surface area contributed by atoms with Gasteiger partial charge in [-0.25, -0.2) is 0 Å². The van der Waals surface area contributed by atoms with Crippen molar-refractivity contribution in [3.05, 3.63) is 164 Å². The molecule has 3 heteroatoms. The van der Waals surface area contributed by atoms with Crippen molar-refractivity contribution in [2.24, 2.45) is 0 Å². The minimum Gasteiger partial charge on any atom is -0.456 e. The highest BCUT2D eigenvalue weighted by Gasteiger charge is 2.21. The molecule has 0 fully saturated rings. The fourth-order valence-corrected chi connectivity index (χ4v) is 6.51. The molecule has 3 nitrogen and oxygen atoms in total. The fraction of sp³-hybridized carbons (Fsp3) is 0. The van der Waals surface area contributed by atoms with Crippen LogP contribution in [0.4, 0.5) is 17.1 Å². The van der Waals surface area contributed by atoms with Gasteiger partial charge in [0.1, 0.15) is 22.3 Å². The van der Waals surface area contributed by atoms with E-state index in [4.69, 9.17) is 8.83 Å². The Morgan fingerprint density at radius 1 is 0.333 bits per heavy atom. The second kappa shape index (κ2) is 10.3. The molecule has 0 atom stereocenters. The molecule has 0 aliphatic carbocycles. The average molecular weight is 578 g/mol. The van der Waals surface area contributed by atoms with Crippen molar-refractivity contribution in [3.8, 4) is 22.3 Å². The standard InChI is InChI=1S/C42H27NO2/c1-3-11-28(12-4-1)29-19-22-32(23-20-29)43(31-13-5-2-6-14-31)38-27-42-37(34-16-8-10-18-40(34)45-42)26-35(38)30-21-24-41-36(25-30)33-15-7-9-17-39(33)44-41/h1-27H. The van der Waals surface area contributed by atoms with Crippen molar-refractivity contribution in [1.29, 1.82) is 0 Å². The lowest BCUT2D eigenvalue weighted by molar-refractivity contribution is 0.668. The Hall–Kier alpha value is -6.06. The van der Waals surface area contributed by atoms with E-state index in [1.54, 1.807) is 0 Å². The predicted molar refractivity (Wildman–Crippen MR) is 187 cm³/mol. The summed E-state index contributed by atoms with van der Waals surface area (Å²) in [6, 6.07) is 57.3. The predicted octanol–water partition coefficient (Wildman–Crippen LogP) is 12.3. The van der Waals surface area contributed by atoms with Crippen molar-refractivity contribution in [3.63, 3.8) is 0 Å². The Balaban J connectivity index is 1.31. The lowest BCUT2D eigenvalue weighted by Crippen LogP contribution is -2.11. The summed E-state index contributed by atoms with van der Waals surface area (Å²) in [5, 5.41) is 4.41. The average Bonchev–Trinajstić information content (AvgIpc) is 3.67. The van der Waals surface area contributed by atoms with Gasteiger partial charge < -0.3 is 13.7 Å². The van der Waals surface area contributed by atoms with Crippen molar-refractivity contribution in [2.45, 2.75) is 0 Å². The molecular weight excluding hydrogens is 550 g/mol. The van der Waals surface area contributed by atoms with Crippen LogP contribution in [0.25, 0.3) is 66.1 Å². The molecule has 0 aliphatic heterocycles. The molecule has 0 saturated carbocycles. The highest BCUT2D eigenvalue weighted by atomic mass is 16.3. The van der Waals surface area contributed by atoms with Crippen LogP contribution in [0.2, 0.25) is 0 Å². The van der Waals surface area contributed by atoms with E-state index in [-0.39, 0.29) is 0 Å². The van der Waals surface area contributed by atoms with E-state index >= 15 is 0 Å². The number of furan rings is 2. The maximum atomic E-state index is 6.46. The van der Waals surface area contributed by atoms with Crippen LogP contribution in [-0.4, -0.2) is 0 Å². The highest BCUT2D eigenvalue weighted by Crippen LogP contribution is 2.46. The number of hydrogen-bond acceptors (Lipinski definition) is 3. The molecule has 0 amide bonds. The van der Waals surface area contributed by atoms with Gasteiger partial charge in [0, 0.05) is 44.5 Å². The van der Waals surface area contributed by atoms with Crippen LogP contribution in [0.15, 0.2) is 173 Å². The SMILES string of the molecule is c1ccc(-c2ccc(N(c3ccccc3)c3cc4oc5ccccc5c4cc3-c3ccc4oc5ccccc5c4c3)cc2)cc1. The molecule has 0 spiro atoms. The van der Waals surface area contributed by atoms with Crippen LogP contribution >= 0.6 is 0 Å². The normalized spacial score (nSPS) is 11.6. The molecular formula is C42H27NO2. The lowest BCUT2D eigenvalue weighted by atomic mass is 9.97. The van der Waals surface area contributed by atoms with E-state index in [2.05, 4.69) is 144 Å². The molecule has 9 aromatic rings. The molecule has 0 unspecified atom stereocenters. The number of para-hydroxylation sites is 3. The Bertz CT molecular complexity index is 2470. The summed E-state index contributed by atoms with van der Waals surface area (Å²) in [7, 11) is 0. The first-order valence-electron chi connectivity index (χ1n) is 15.2. The van der Waals surface area contributed by atoms with Gasteiger partial charge in [0.05, 0.1) is 5.69 Å². The first-order chi connectivity index (χ1) is 22.3. The zero-order valence-corrected chi connectivity index (χ0v) is 24.4. The topological polar surface area (TPSA) is 29.5 Å². The van der Waals surface area contributed by atoms with Gasteiger partial charge >= 0.3 is 0 Å². The van der Waals surface area contributed by atoms with Crippen molar-refractivity contribution in [2.75, 3.05) is 4.90 Å². The monoisotopic (exact) mass is 577 g/mol. The second-order valence-corrected chi connectivity index (χ2v) is 11.4. The molecule has 0 aliphatic rings. The van der Waals surface area contributed by atoms with Crippen LogP contribution in [0, 0.1) is 0 Å². The van der Waals surface area contributed by atoms with Crippen molar-refractivity contribution < 1.29 is 8.83 Å². The number of anilines is 3. The number of benzene rings is 7. The second-order valence-electron chi connectivity index (χ2n) is 11.4. The van der Waals surface area contributed by atoms with Gasteiger partial charge in [-0.05, 0) is 71.3 Å². The van der Waals surface area contributed by atoms with E-state index < -0.39 is 0 Å². The first kappa shape index (κ1) is 25.4. The Morgan fingerprint density at radius 2 is 0.844 bits per heavy atom. The molecule has 212 valence electrons. The zero-order valence-electron chi connectivity index (χ0n) is 24.4. The number of rotatable bonds is 5. The minimum absolute atomic E-state index is 0.853. The largest absolute Gasteiger partial charge is 0.456 e. The third-order valence-corrected chi connectivity index (χ3v) is 8.67. The zero-order chi connectivity index (χ0) is 29.7. The number of fused-ring (bicyclic) bond motifs is 6. The summed E-state index contributed by atoms with van der Waals surface area (Å²) < 4.78 is 12.7. The Kier molecular flexibility index (Phi) is 5.82. The quantitative estimate of drug-likeness (QED) is 0.204. The summed E-state index contributed by atoms with van der Waals surface area (Å²) in [6.45, 7) is 0. The molecule has 7 aromatic carbocycles. The lowest BCUT2D eigenvalue weighted by Gasteiger charge is -2.28. The van der Waals surface area contributed by atoms with E-state index in [0.717, 1.165) is 72.1 Å². The fourth-order valence-electron chi connectivity index (χ4n) is 6.51. The maximum absolute atomic E-state index is 6.46. The molecule has 2 heterocycles. The molecule has 0 N–H and O–H groups in total. The summed E-state index contributed by atoms with van der Waals surface area (Å²) in [6.07, 6.45) is 0. The van der Waals surface area contributed by atoms with E-state index in [1.165, 1.54) is 11.1 Å². The van der Waals surface area contributed by atoms with Gasteiger partial charge in [0.15, 0.2) is 0 Å². The van der Waals surface area contributed by atoms with Crippen LogP contribution in [0.1, 0.15) is 0 Å². The van der Waals surface area contributed by atoms with Crippen LogP contribution in [0.3, 0.4) is 0 Å². The third-order valence-electron chi connectivity index (χ3n) is 8.67. The smallest absolute Gasteiger partial charge is 0.137 e. The Labute approximate surface area is 260 Å².